The number of carbonyl (C=O) groups is 2. The molecule has 0 aliphatic heterocycles. The third-order valence-electron chi connectivity index (χ3n) is 6.97. The fraction of sp³-hybridized carbons (Fsp3) is 0.929. The van der Waals surface area contributed by atoms with E-state index >= 15 is 0 Å². The quantitative estimate of drug-likeness (QED) is 0.106. The third-order valence-corrected chi connectivity index (χ3v) is 6.97. The molecule has 0 heterocycles. The van der Waals surface area contributed by atoms with Crippen molar-refractivity contribution in [2.75, 3.05) is 0 Å². The first-order valence-electron chi connectivity index (χ1n) is 13.9. The van der Waals surface area contributed by atoms with Crippen LogP contribution in [-0.2, 0) is 9.59 Å². The zero-order valence-corrected chi connectivity index (χ0v) is 21.5. The van der Waals surface area contributed by atoms with Crippen molar-refractivity contribution >= 4 is 11.9 Å². The molecule has 0 aromatic heterocycles. The Balaban J connectivity index is 3.24. The van der Waals surface area contributed by atoms with Crippen molar-refractivity contribution < 1.29 is 19.8 Å². The van der Waals surface area contributed by atoms with Crippen LogP contribution in [0.25, 0.3) is 0 Å². The number of carboxylic acid groups (broad SMARTS) is 2. The molecule has 0 rings (SSSR count). The lowest BCUT2D eigenvalue weighted by Crippen LogP contribution is -2.36. The minimum atomic E-state index is -1.63. The summed E-state index contributed by atoms with van der Waals surface area (Å²) in [7, 11) is 0. The summed E-state index contributed by atoms with van der Waals surface area (Å²) in [6.45, 7) is 3.59. The number of aliphatic carboxylic acids is 2. The summed E-state index contributed by atoms with van der Waals surface area (Å²) in [6.07, 6.45) is 29.1. The van der Waals surface area contributed by atoms with E-state index in [1.165, 1.54) is 129 Å². The molecule has 0 fully saturated rings. The lowest BCUT2D eigenvalue weighted by atomic mass is 9.85. The second kappa shape index (κ2) is 21.8. The van der Waals surface area contributed by atoms with Gasteiger partial charge in [-0.3, -0.25) is 9.59 Å². The Morgan fingerprint density at radius 1 is 0.469 bits per heavy atom. The smallest absolute Gasteiger partial charge is 0.320 e. The Morgan fingerprint density at radius 3 is 0.906 bits per heavy atom. The molecule has 0 atom stereocenters. The molecule has 0 aromatic rings. The van der Waals surface area contributed by atoms with Crippen LogP contribution in [0.3, 0.4) is 0 Å². The molecule has 0 unspecified atom stereocenters. The molecule has 32 heavy (non-hydrogen) atoms. The number of unbranched alkanes of at least 4 members (excludes halogenated alkanes) is 21. The van der Waals surface area contributed by atoms with Crippen molar-refractivity contribution in [1.82, 2.24) is 0 Å². The van der Waals surface area contributed by atoms with E-state index in [2.05, 4.69) is 6.92 Å². The monoisotopic (exact) mass is 454 g/mol. The molecular weight excluding hydrogens is 400 g/mol. The minimum absolute atomic E-state index is 0.219. The fourth-order valence-corrected chi connectivity index (χ4v) is 4.39. The maximum absolute atomic E-state index is 11.1. The van der Waals surface area contributed by atoms with Gasteiger partial charge >= 0.3 is 11.9 Å². The van der Waals surface area contributed by atoms with Crippen LogP contribution in [0.2, 0.25) is 0 Å². The third kappa shape index (κ3) is 17.5. The van der Waals surface area contributed by atoms with E-state index in [1.807, 2.05) is 0 Å². The highest BCUT2D eigenvalue weighted by atomic mass is 16.4. The molecule has 0 aliphatic carbocycles. The molecule has 0 amide bonds. The fourth-order valence-electron chi connectivity index (χ4n) is 4.39. The summed E-state index contributed by atoms with van der Waals surface area (Å²) in [4.78, 5) is 22.3. The van der Waals surface area contributed by atoms with Gasteiger partial charge in [-0.15, -0.1) is 0 Å². The number of carboxylic acids is 2. The van der Waals surface area contributed by atoms with Gasteiger partial charge < -0.3 is 10.2 Å². The molecule has 0 spiro atoms. The van der Waals surface area contributed by atoms with Gasteiger partial charge in [0.05, 0.1) is 0 Å². The van der Waals surface area contributed by atoms with E-state index in [0.29, 0.717) is 6.42 Å². The molecule has 0 aromatic carbocycles. The maximum atomic E-state index is 11.1. The zero-order chi connectivity index (χ0) is 23.9. The summed E-state index contributed by atoms with van der Waals surface area (Å²) in [5, 5.41) is 18.2. The molecule has 0 aliphatic rings. The van der Waals surface area contributed by atoms with Crippen LogP contribution >= 0.6 is 0 Å². The standard InChI is InChI=1S/C28H54O4/c1-3-4-5-6-7-8-9-10-11-12-13-14-15-16-17-18-19-20-21-22-23-24-25-28(2,26(29)30)27(31)32/h3-25H2,1-2H3,(H,29,30)(H,31,32). The number of hydrogen-bond donors (Lipinski definition) is 2. The van der Waals surface area contributed by atoms with Gasteiger partial charge in [0.25, 0.3) is 0 Å². The van der Waals surface area contributed by atoms with Crippen molar-refractivity contribution in [1.29, 1.82) is 0 Å². The molecule has 0 saturated carbocycles. The van der Waals surface area contributed by atoms with Crippen LogP contribution in [0.5, 0.6) is 0 Å². The van der Waals surface area contributed by atoms with Crippen molar-refractivity contribution in [2.24, 2.45) is 5.41 Å². The molecule has 0 bridgehead atoms. The van der Waals surface area contributed by atoms with Crippen molar-refractivity contribution in [3.05, 3.63) is 0 Å². The second-order valence-electron chi connectivity index (χ2n) is 10.1. The molecule has 0 radical (unpaired) electrons. The van der Waals surface area contributed by atoms with Crippen LogP contribution in [0.4, 0.5) is 0 Å². The zero-order valence-electron chi connectivity index (χ0n) is 21.5. The van der Waals surface area contributed by atoms with Gasteiger partial charge in [-0.2, -0.15) is 0 Å². The van der Waals surface area contributed by atoms with E-state index in [9.17, 15) is 9.59 Å². The predicted octanol–water partition coefficient (Wildman–Crippen LogP) is 9.15. The average Bonchev–Trinajstić information content (AvgIpc) is 2.76. The summed E-state index contributed by atoms with van der Waals surface area (Å²) in [5.74, 6) is -2.46. The average molecular weight is 455 g/mol. The Morgan fingerprint density at radius 2 is 0.688 bits per heavy atom. The van der Waals surface area contributed by atoms with Crippen LogP contribution in [0, 0.1) is 5.41 Å². The van der Waals surface area contributed by atoms with Crippen molar-refractivity contribution in [2.45, 2.75) is 162 Å². The Kier molecular flexibility index (Phi) is 21.0. The summed E-state index contributed by atoms with van der Waals surface area (Å²) >= 11 is 0. The molecule has 4 nitrogen and oxygen atoms in total. The Hall–Kier alpha value is -1.06. The van der Waals surface area contributed by atoms with Crippen LogP contribution in [0.1, 0.15) is 162 Å². The van der Waals surface area contributed by atoms with Gasteiger partial charge in [-0.25, -0.2) is 0 Å². The topological polar surface area (TPSA) is 74.6 Å². The maximum Gasteiger partial charge on any atom is 0.320 e. The first-order chi connectivity index (χ1) is 15.4. The normalized spacial score (nSPS) is 11.7. The van der Waals surface area contributed by atoms with Gasteiger partial charge in [-0.05, 0) is 13.3 Å². The number of rotatable bonds is 25. The Bertz CT molecular complexity index is 433. The van der Waals surface area contributed by atoms with E-state index in [-0.39, 0.29) is 6.42 Å². The molecular formula is C28H54O4. The Labute approximate surface area is 199 Å². The van der Waals surface area contributed by atoms with Gasteiger partial charge in [0.2, 0.25) is 0 Å². The molecule has 0 saturated heterocycles. The van der Waals surface area contributed by atoms with E-state index in [4.69, 9.17) is 10.2 Å². The first kappa shape index (κ1) is 30.9. The minimum Gasteiger partial charge on any atom is -0.480 e. The van der Waals surface area contributed by atoms with Crippen molar-refractivity contribution in [3.8, 4) is 0 Å². The van der Waals surface area contributed by atoms with Crippen LogP contribution < -0.4 is 0 Å². The highest BCUT2D eigenvalue weighted by molar-refractivity contribution is 5.97. The lowest BCUT2D eigenvalue weighted by Gasteiger charge is -2.19. The second-order valence-corrected chi connectivity index (χ2v) is 10.1. The van der Waals surface area contributed by atoms with E-state index < -0.39 is 17.4 Å². The molecule has 2 N–H and O–H groups in total. The van der Waals surface area contributed by atoms with E-state index in [0.717, 1.165) is 12.8 Å². The van der Waals surface area contributed by atoms with Gasteiger partial charge in [0.15, 0.2) is 5.41 Å². The molecule has 4 heteroatoms. The largest absolute Gasteiger partial charge is 0.480 e. The van der Waals surface area contributed by atoms with Crippen LogP contribution in [0.15, 0.2) is 0 Å². The van der Waals surface area contributed by atoms with Gasteiger partial charge in [-0.1, -0.05) is 148 Å². The molecule has 190 valence electrons. The first-order valence-corrected chi connectivity index (χ1v) is 13.9. The van der Waals surface area contributed by atoms with Crippen molar-refractivity contribution in [3.63, 3.8) is 0 Å². The highest BCUT2D eigenvalue weighted by Gasteiger charge is 2.40. The van der Waals surface area contributed by atoms with Gasteiger partial charge in [0, 0.05) is 0 Å². The summed E-state index contributed by atoms with van der Waals surface area (Å²) in [6, 6.07) is 0. The SMILES string of the molecule is CCCCCCCCCCCCCCCCCCCCCCCCC(C)(C(=O)O)C(=O)O. The highest BCUT2D eigenvalue weighted by Crippen LogP contribution is 2.26. The van der Waals surface area contributed by atoms with Crippen LogP contribution in [-0.4, -0.2) is 22.2 Å². The van der Waals surface area contributed by atoms with E-state index in [1.54, 1.807) is 0 Å². The predicted molar refractivity (Wildman–Crippen MR) is 135 cm³/mol. The lowest BCUT2D eigenvalue weighted by molar-refractivity contribution is -0.163. The summed E-state index contributed by atoms with van der Waals surface area (Å²) < 4.78 is 0. The summed E-state index contributed by atoms with van der Waals surface area (Å²) in [5.41, 5.74) is -1.63. The number of hydrogen-bond acceptors (Lipinski definition) is 2. The van der Waals surface area contributed by atoms with Gasteiger partial charge in [0.1, 0.15) is 0 Å².